The van der Waals surface area contributed by atoms with E-state index in [1.54, 1.807) is 0 Å². The van der Waals surface area contributed by atoms with Crippen LogP contribution in [0.25, 0.3) is 0 Å². The van der Waals surface area contributed by atoms with E-state index in [4.69, 9.17) is 10.2 Å². The van der Waals surface area contributed by atoms with Crippen molar-refractivity contribution in [1.82, 2.24) is 0 Å². The van der Waals surface area contributed by atoms with Gasteiger partial charge in [-0.2, -0.15) is 0 Å². The number of furan rings is 1. The summed E-state index contributed by atoms with van der Waals surface area (Å²) in [6.45, 7) is 4.05. The van der Waals surface area contributed by atoms with Crippen molar-refractivity contribution in [2.24, 2.45) is 5.73 Å². The predicted octanol–water partition coefficient (Wildman–Crippen LogP) is 3.49. The number of rotatable bonds is 2. The minimum absolute atomic E-state index is 0.0991. The fraction of sp³-hybridized carbons (Fsp3) is 0.429. The highest BCUT2D eigenvalue weighted by Gasteiger charge is 2.21. The summed E-state index contributed by atoms with van der Waals surface area (Å²) >= 11 is 1.86. The van der Waals surface area contributed by atoms with Gasteiger partial charge in [-0.25, -0.2) is 0 Å². The van der Waals surface area contributed by atoms with Gasteiger partial charge in [0.2, 0.25) is 0 Å². The third-order valence-electron chi connectivity index (χ3n) is 3.56. The van der Waals surface area contributed by atoms with Crippen LogP contribution in [0.1, 0.15) is 44.9 Å². The molecule has 17 heavy (non-hydrogen) atoms. The molecule has 3 rings (SSSR count). The smallest absolute Gasteiger partial charge is 0.126 e. The third-order valence-corrected chi connectivity index (χ3v) is 4.88. The van der Waals surface area contributed by atoms with Crippen LogP contribution < -0.4 is 5.73 Å². The van der Waals surface area contributed by atoms with Gasteiger partial charge in [-0.3, -0.25) is 0 Å². The van der Waals surface area contributed by atoms with E-state index in [0.717, 1.165) is 11.5 Å². The average molecular weight is 247 g/mol. The maximum Gasteiger partial charge on any atom is 0.126 e. The maximum atomic E-state index is 6.28. The Kier molecular flexibility index (Phi) is 2.60. The highest BCUT2D eigenvalue weighted by Crippen LogP contribution is 2.35. The summed E-state index contributed by atoms with van der Waals surface area (Å²) in [5.74, 6) is 1.86. The fourth-order valence-corrected chi connectivity index (χ4v) is 3.67. The van der Waals surface area contributed by atoms with Crippen molar-refractivity contribution in [2.75, 3.05) is 0 Å². The van der Waals surface area contributed by atoms with Gasteiger partial charge in [0.15, 0.2) is 0 Å². The minimum atomic E-state index is -0.0991. The maximum absolute atomic E-state index is 6.28. The third kappa shape index (κ3) is 1.83. The molecule has 0 saturated heterocycles. The Morgan fingerprint density at radius 2 is 2.12 bits per heavy atom. The second kappa shape index (κ2) is 4.00. The second-order valence-corrected chi connectivity index (χ2v) is 5.98. The van der Waals surface area contributed by atoms with Crippen LogP contribution in [-0.4, -0.2) is 0 Å². The largest absolute Gasteiger partial charge is 0.464 e. The van der Waals surface area contributed by atoms with Crippen LogP contribution in [0.5, 0.6) is 0 Å². The van der Waals surface area contributed by atoms with Crippen LogP contribution in [0.2, 0.25) is 0 Å². The quantitative estimate of drug-likeness (QED) is 0.882. The first-order valence-electron chi connectivity index (χ1n) is 6.09. The molecule has 0 spiro atoms. The van der Waals surface area contributed by atoms with Gasteiger partial charge >= 0.3 is 0 Å². The van der Waals surface area contributed by atoms with Crippen molar-refractivity contribution < 1.29 is 4.42 Å². The molecular formula is C14H17NOS. The van der Waals surface area contributed by atoms with Gasteiger partial charge in [-0.15, -0.1) is 11.3 Å². The predicted molar refractivity (Wildman–Crippen MR) is 70.6 cm³/mol. The normalized spacial score (nSPS) is 16.2. The van der Waals surface area contributed by atoms with E-state index < -0.39 is 0 Å². The first-order chi connectivity index (χ1) is 8.15. The molecular weight excluding hydrogens is 230 g/mol. The molecule has 0 amide bonds. The molecule has 1 atom stereocenters. The van der Waals surface area contributed by atoms with Crippen LogP contribution in [-0.2, 0) is 12.8 Å². The Bertz CT molecular complexity index is 512. The first kappa shape index (κ1) is 11.1. The van der Waals surface area contributed by atoms with Crippen molar-refractivity contribution in [2.45, 2.75) is 39.2 Å². The molecule has 0 radical (unpaired) electrons. The molecule has 2 heterocycles. The molecule has 1 unspecified atom stereocenters. The molecule has 2 aromatic rings. The van der Waals surface area contributed by atoms with Gasteiger partial charge in [-0.1, -0.05) is 0 Å². The minimum Gasteiger partial charge on any atom is -0.464 e. The lowest BCUT2D eigenvalue weighted by Gasteiger charge is -2.05. The monoisotopic (exact) mass is 247 g/mol. The van der Waals surface area contributed by atoms with Crippen molar-refractivity contribution in [1.29, 1.82) is 0 Å². The summed E-state index contributed by atoms with van der Waals surface area (Å²) in [7, 11) is 0. The van der Waals surface area contributed by atoms with Gasteiger partial charge in [0.25, 0.3) is 0 Å². The van der Waals surface area contributed by atoms with E-state index in [-0.39, 0.29) is 6.04 Å². The van der Waals surface area contributed by atoms with Crippen molar-refractivity contribution in [3.8, 4) is 0 Å². The summed E-state index contributed by atoms with van der Waals surface area (Å²) in [6.07, 6.45) is 3.74. The standard InChI is InChI=1S/C14H17NOS/c1-8-6-11(16-9(8)2)14(15)13-7-10-4-3-5-12(10)17-13/h6-7,14H,3-5,15H2,1-2H3. The molecule has 2 N–H and O–H groups in total. The van der Waals surface area contributed by atoms with Gasteiger partial charge in [-0.05, 0) is 56.4 Å². The number of thiophene rings is 1. The lowest BCUT2D eigenvalue weighted by atomic mass is 10.1. The number of hydrogen-bond acceptors (Lipinski definition) is 3. The lowest BCUT2D eigenvalue weighted by Crippen LogP contribution is -2.09. The topological polar surface area (TPSA) is 39.2 Å². The molecule has 0 bridgehead atoms. The van der Waals surface area contributed by atoms with E-state index in [1.807, 2.05) is 18.3 Å². The number of hydrogen-bond donors (Lipinski definition) is 1. The van der Waals surface area contributed by atoms with Gasteiger partial charge in [0.05, 0.1) is 6.04 Å². The molecule has 3 heteroatoms. The van der Waals surface area contributed by atoms with Gasteiger partial charge in [0.1, 0.15) is 11.5 Å². The molecule has 0 fully saturated rings. The summed E-state index contributed by atoms with van der Waals surface area (Å²) < 4.78 is 5.71. The van der Waals surface area contributed by atoms with Crippen LogP contribution in [0.4, 0.5) is 0 Å². The van der Waals surface area contributed by atoms with Crippen LogP contribution >= 0.6 is 11.3 Å². The fourth-order valence-electron chi connectivity index (χ4n) is 2.40. The average Bonchev–Trinajstić information content (AvgIpc) is 2.92. The van der Waals surface area contributed by atoms with Crippen LogP contribution in [0.15, 0.2) is 16.5 Å². The van der Waals surface area contributed by atoms with Crippen molar-refractivity contribution >= 4 is 11.3 Å². The van der Waals surface area contributed by atoms with Crippen molar-refractivity contribution in [3.05, 3.63) is 44.5 Å². The van der Waals surface area contributed by atoms with Crippen LogP contribution in [0.3, 0.4) is 0 Å². The summed E-state index contributed by atoms with van der Waals surface area (Å²) in [6, 6.07) is 4.23. The lowest BCUT2D eigenvalue weighted by molar-refractivity contribution is 0.466. The molecule has 90 valence electrons. The Hall–Kier alpha value is -1.06. The molecule has 2 aromatic heterocycles. The van der Waals surface area contributed by atoms with E-state index in [9.17, 15) is 0 Å². The van der Waals surface area contributed by atoms with E-state index >= 15 is 0 Å². The molecule has 0 aliphatic heterocycles. The highest BCUT2D eigenvalue weighted by molar-refractivity contribution is 7.12. The number of nitrogens with two attached hydrogens (primary N) is 1. The molecule has 1 aliphatic rings. The van der Waals surface area contributed by atoms with E-state index in [1.165, 1.54) is 40.1 Å². The molecule has 0 saturated carbocycles. The zero-order valence-electron chi connectivity index (χ0n) is 10.2. The van der Waals surface area contributed by atoms with Gasteiger partial charge < -0.3 is 10.2 Å². The number of aryl methyl sites for hydroxylation is 4. The Labute approximate surface area is 105 Å². The Balaban J connectivity index is 1.92. The molecule has 1 aliphatic carbocycles. The van der Waals surface area contributed by atoms with Gasteiger partial charge in [0, 0.05) is 9.75 Å². The van der Waals surface area contributed by atoms with Crippen LogP contribution in [0, 0.1) is 13.8 Å². The SMILES string of the molecule is Cc1cc(C(N)c2cc3c(s2)CCC3)oc1C. The molecule has 0 aromatic carbocycles. The van der Waals surface area contributed by atoms with Crippen molar-refractivity contribution in [3.63, 3.8) is 0 Å². The first-order valence-corrected chi connectivity index (χ1v) is 6.91. The zero-order valence-corrected chi connectivity index (χ0v) is 11.1. The number of fused-ring (bicyclic) bond motifs is 1. The van der Waals surface area contributed by atoms with E-state index in [0.29, 0.717) is 0 Å². The summed E-state index contributed by atoms with van der Waals surface area (Å²) in [5.41, 5.74) is 8.96. The Morgan fingerprint density at radius 1 is 1.29 bits per heavy atom. The summed E-state index contributed by atoms with van der Waals surface area (Å²) in [5, 5.41) is 0. The second-order valence-electron chi connectivity index (χ2n) is 4.82. The van der Waals surface area contributed by atoms with E-state index in [2.05, 4.69) is 19.1 Å². The Morgan fingerprint density at radius 3 is 2.76 bits per heavy atom. The molecule has 2 nitrogen and oxygen atoms in total. The zero-order chi connectivity index (χ0) is 12.0. The highest BCUT2D eigenvalue weighted by atomic mass is 32.1. The summed E-state index contributed by atoms with van der Waals surface area (Å²) in [4.78, 5) is 2.76.